The number of amides is 2. The summed E-state index contributed by atoms with van der Waals surface area (Å²) in [6, 6.07) is 19.3. The van der Waals surface area contributed by atoms with Crippen LogP contribution in [0.25, 0.3) is 6.08 Å². The van der Waals surface area contributed by atoms with Gasteiger partial charge in [-0.05, 0) is 61.0 Å². The summed E-state index contributed by atoms with van der Waals surface area (Å²) in [5, 5.41) is 3.50. The van der Waals surface area contributed by atoms with Crippen LogP contribution in [0.3, 0.4) is 0 Å². The van der Waals surface area contributed by atoms with E-state index in [4.69, 9.17) is 44.9 Å². The van der Waals surface area contributed by atoms with Gasteiger partial charge in [0.1, 0.15) is 0 Å². The van der Waals surface area contributed by atoms with E-state index in [2.05, 4.69) is 5.32 Å². The molecule has 3 aromatic carbocycles. The van der Waals surface area contributed by atoms with Crippen LogP contribution in [-0.4, -0.2) is 29.3 Å². The number of hydrogen-bond donors (Lipinski definition) is 1. The van der Waals surface area contributed by atoms with Crippen LogP contribution in [0.2, 0.25) is 10.0 Å². The SMILES string of the molecule is CCOc1cc(/C=C2\SC(=S)N(c3ccc(Cl)c(Cl)c3)C2=O)ccc1OCC(=O)Nc1ccccc1. The molecule has 2 amide bonds. The molecule has 0 saturated carbocycles. The van der Waals surface area contributed by atoms with Gasteiger partial charge in [-0.1, -0.05) is 71.4 Å². The highest BCUT2D eigenvalue weighted by Gasteiger charge is 2.33. The Morgan fingerprint density at radius 2 is 1.81 bits per heavy atom. The van der Waals surface area contributed by atoms with Crippen molar-refractivity contribution in [3.8, 4) is 11.5 Å². The highest BCUT2D eigenvalue weighted by Crippen LogP contribution is 2.38. The molecule has 0 aromatic heterocycles. The summed E-state index contributed by atoms with van der Waals surface area (Å²) in [7, 11) is 0. The number of nitrogens with one attached hydrogen (secondary N) is 1. The van der Waals surface area contributed by atoms with Crippen molar-refractivity contribution in [2.75, 3.05) is 23.4 Å². The third-order valence-corrected chi connectivity index (χ3v) is 6.98. The Hall–Kier alpha value is -3.04. The number of hydrogen-bond acceptors (Lipinski definition) is 6. The molecule has 1 aliphatic heterocycles. The maximum Gasteiger partial charge on any atom is 0.270 e. The largest absolute Gasteiger partial charge is 0.490 e. The van der Waals surface area contributed by atoms with Gasteiger partial charge in [0.05, 0.1) is 27.2 Å². The third kappa shape index (κ3) is 6.20. The standard InChI is InChI=1S/C26H20Cl2N2O4S2/c1-2-33-22-12-16(8-11-21(22)34-15-24(31)29-17-6-4-3-5-7-17)13-23-25(32)30(26(35)36-23)18-9-10-19(27)20(28)14-18/h3-14H,2,15H2,1H3,(H,29,31)/b23-13-. The van der Waals surface area contributed by atoms with E-state index >= 15 is 0 Å². The molecule has 0 atom stereocenters. The smallest absolute Gasteiger partial charge is 0.270 e. The van der Waals surface area contributed by atoms with E-state index in [9.17, 15) is 9.59 Å². The van der Waals surface area contributed by atoms with E-state index in [-0.39, 0.29) is 18.4 Å². The molecule has 0 bridgehead atoms. The lowest BCUT2D eigenvalue weighted by Gasteiger charge is -2.15. The van der Waals surface area contributed by atoms with Gasteiger partial charge in [-0.15, -0.1) is 0 Å². The molecular weight excluding hydrogens is 539 g/mol. The molecular formula is C26H20Cl2N2O4S2. The molecule has 36 heavy (non-hydrogen) atoms. The molecule has 0 aliphatic carbocycles. The van der Waals surface area contributed by atoms with Crippen molar-refractivity contribution < 1.29 is 19.1 Å². The molecule has 0 radical (unpaired) electrons. The van der Waals surface area contributed by atoms with Crippen molar-refractivity contribution in [1.29, 1.82) is 0 Å². The summed E-state index contributed by atoms with van der Waals surface area (Å²) in [4.78, 5) is 27.2. The van der Waals surface area contributed by atoms with Crippen molar-refractivity contribution in [2.45, 2.75) is 6.92 Å². The summed E-state index contributed by atoms with van der Waals surface area (Å²) >= 11 is 18.7. The molecule has 4 rings (SSSR count). The Morgan fingerprint density at radius 3 is 2.53 bits per heavy atom. The number of halogens is 2. The number of carbonyl (C=O) groups is 2. The minimum absolute atomic E-state index is 0.184. The molecule has 1 heterocycles. The second-order valence-corrected chi connectivity index (χ2v) is 9.95. The molecule has 184 valence electrons. The zero-order chi connectivity index (χ0) is 25.7. The van der Waals surface area contributed by atoms with Crippen molar-refractivity contribution in [1.82, 2.24) is 0 Å². The first-order valence-corrected chi connectivity index (χ1v) is 12.8. The van der Waals surface area contributed by atoms with Crippen LogP contribution in [0.1, 0.15) is 12.5 Å². The number of thioether (sulfide) groups is 1. The Balaban J connectivity index is 1.49. The average Bonchev–Trinajstić information content (AvgIpc) is 3.13. The number of para-hydroxylation sites is 1. The number of benzene rings is 3. The highest BCUT2D eigenvalue weighted by molar-refractivity contribution is 8.27. The molecule has 1 saturated heterocycles. The topological polar surface area (TPSA) is 67.9 Å². The maximum absolute atomic E-state index is 13.1. The summed E-state index contributed by atoms with van der Waals surface area (Å²) < 4.78 is 11.8. The molecule has 1 fully saturated rings. The van der Waals surface area contributed by atoms with Crippen molar-refractivity contribution in [3.63, 3.8) is 0 Å². The lowest BCUT2D eigenvalue weighted by Crippen LogP contribution is -2.27. The molecule has 0 unspecified atom stereocenters. The van der Waals surface area contributed by atoms with E-state index in [1.54, 1.807) is 54.6 Å². The fraction of sp³-hybridized carbons (Fsp3) is 0.115. The minimum Gasteiger partial charge on any atom is -0.490 e. The summed E-state index contributed by atoms with van der Waals surface area (Å²) in [5.41, 5.74) is 1.95. The summed E-state index contributed by atoms with van der Waals surface area (Å²) in [6.45, 7) is 2.06. The predicted octanol–water partition coefficient (Wildman–Crippen LogP) is 6.82. The van der Waals surface area contributed by atoms with Gasteiger partial charge in [0.2, 0.25) is 0 Å². The first-order chi connectivity index (χ1) is 17.4. The van der Waals surface area contributed by atoms with Crippen LogP contribution in [0.15, 0.2) is 71.6 Å². The summed E-state index contributed by atoms with van der Waals surface area (Å²) in [6.07, 6.45) is 1.73. The number of anilines is 2. The van der Waals surface area contributed by atoms with Crippen LogP contribution in [0.5, 0.6) is 11.5 Å². The van der Waals surface area contributed by atoms with Crippen LogP contribution >= 0.6 is 47.2 Å². The lowest BCUT2D eigenvalue weighted by atomic mass is 10.1. The van der Waals surface area contributed by atoms with Crippen molar-refractivity contribution in [3.05, 3.63) is 87.2 Å². The van der Waals surface area contributed by atoms with E-state index in [1.165, 1.54) is 16.7 Å². The molecule has 3 aromatic rings. The summed E-state index contributed by atoms with van der Waals surface area (Å²) in [5.74, 6) is 0.317. The average molecular weight is 559 g/mol. The predicted molar refractivity (Wildman–Crippen MR) is 150 cm³/mol. The first kappa shape index (κ1) is 26.0. The quantitative estimate of drug-likeness (QED) is 0.242. The van der Waals surface area contributed by atoms with Crippen LogP contribution < -0.4 is 19.7 Å². The van der Waals surface area contributed by atoms with E-state index in [1.807, 2.05) is 25.1 Å². The Morgan fingerprint density at radius 1 is 1.03 bits per heavy atom. The Bertz CT molecular complexity index is 1350. The van der Waals surface area contributed by atoms with Crippen LogP contribution in [0, 0.1) is 0 Å². The maximum atomic E-state index is 13.1. The number of nitrogens with zero attached hydrogens (tertiary/aromatic N) is 1. The van der Waals surface area contributed by atoms with Gasteiger partial charge in [0.15, 0.2) is 22.4 Å². The van der Waals surface area contributed by atoms with Gasteiger partial charge < -0.3 is 14.8 Å². The zero-order valence-electron chi connectivity index (χ0n) is 19.0. The Labute approximate surface area is 228 Å². The van der Waals surface area contributed by atoms with Gasteiger partial charge in [0.25, 0.3) is 11.8 Å². The molecule has 10 heteroatoms. The molecule has 0 spiro atoms. The van der Waals surface area contributed by atoms with Gasteiger partial charge in [-0.2, -0.15) is 0 Å². The second-order valence-electron chi connectivity index (χ2n) is 7.46. The molecule has 6 nitrogen and oxygen atoms in total. The van der Waals surface area contributed by atoms with Crippen LogP contribution in [-0.2, 0) is 9.59 Å². The van der Waals surface area contributed by atoms with Crippen molar-refractivity contribution in [2.24, 2.45) is 0 Å². The minimum atomic E-state index is -0.293. The zero-order valence-corrected chi connectivity index (χ0v) is 22.1. The van der Waals surface area contributed by atoms with Gasteiger partial charge in [-0.25, -0.2) is 0 Å². The Kier molecular flexibility index (Phi) is 8.53. The van der Waals surface area contributed by atoms with Gasteiger partial charge in [0, 0.05) is 5.69 Å². The third-order valence-electron chi connectivity index (χ3n) is 4.94. The van der Waals surface area contributed by atoms with Gasteiger partial charge >= 0.3 is 0 Å². The highest BCUT2D eigenvalue weighted by atomic mass is 35.5. The van der Waals surface area contributed by atoms with Crippen LogP contribution in [0.4, 0.5) is 11.4 Å². The molecule has 1 aliphatic rings. The van der Waals surface area contributed by atoms with E-state index < -0.39 is 0 Å². The fourth-order valence-corrected chi connectivity index (χ4v) is 4.92. The number of rotatable bonds is 8. The normalized spacial score (nSPS) is 14.3. The number of thiocarbonyl (C=S) groups is 1. The lowest BCUT2D eigenvalue weighted by molar-refractivity contribution is -0.118. The van der Waals surface area contributed by atoms with E-state index in [0.29, 0.717) is 54.3 Å². The fourth-order valence-electron chi connectivity index (χ4n) is 3.33. The molecule has 1 N–H and O–H groups in total. The second kappa shape index (κ2) is 11.8. The first-order valence-electron chi connectivity index (χ1n) is 10.8. The number of carbonyl (C=O) groups excluding carboxylic acids is 2. The van der Waals surface area contributed by atoms with Crippen molar-refractivity contribution >= 4 is 80.8 Å². The number of ether oxygens (including phenoxy) is 2. The monoisotopic (exact) mass is 558 g/mol. The van der Waals surface area contributed by atoms with E-state index in [0.717, 1.165) is 0 Å². The van der Waals surface area contributed by atoms with Gasteiger partial charge in [-0.3, -0.25) is 14.5 Å².